The minimum absolute atomic E-state index is 0.0246. The molecule has 0 unspecified atom stereocenters. The molecule has 14 heavy (non-hydrogen) atoms. The highest BCUT2D eigenvalue weighted by molar-refractivity contribution is 5.67. The predicted molar refractivity (Wildman–Crippen MR) is 58.4 cm³/mol. The fourth-order valence-corrected chi connectivity index (χ4v) is 1.19. The average Bonchev–Trinajstić information content (AvgIpc) is 2.10. The van der Waals surface area contributed by atoms with Crippen LogP contribution in [-0.2, 0) is 4.74 Å². The molecule has 0 rings (SSSR count). The summed E-state index contributed by atoms with van der Waals surface area (Å²) in [5.74, 6) is 0. The maximum atomic E-state index is 11.6. The summed E-state index contributed by atoms with van der Waals surface area (Å²) in [4.78, 5) is 13.3. The number of amides is 1. The van der Waals surface area contributed by atoms with Crippen LogP contribution in [0.5, 0.6) is 0 Å². The minimum atomic E-state index is -0.171. The summed E-state index contributed by atoms with van der Waals surface area (Å²) in [5, 5.41) is 0. The zero-order valence-corrected chi connectivity index (χ0v) is 9.88. The molecule has 3 heteroatoms. The highest BCUT2D eigenvalue weighted by atomic mass is 16.6. The molecule has 0 heterocycles. The van der Waals surface area contributed by atoms with E-state index in [0.29, 0.717) is 0 Å². The molecule has 1 amide bonds. The Hall–Kier alpha value is -0.730. The molecule has 0 N–H and O–H groups in total. The summed E-state index contributed by atoms with van der Waals surface area (Å²) < 4.78 is 5.15. The van der Waals surface area contributed by atoms with Crippen LogP contribution >= 0.6 is 0 Å². The molecule has 0 aromatic rings. The van der Waals surface area contributed by atoms with E-state index < -0.39 is 0 Å². The van der Waals surface area contributed by atoms with Gasteiger partial charge in [-0.25, -0.2) is 4.79 Å². The van der Waals surface area contributed by atoms with Crippen LogP contribution in [0.1, 0.15) is 47.0 Å². The molecule has 0 aromatic carbocycles. The van der Waals surface area contributed by atoms with Gasteiger partial charge in [-0.05, 0) is 26.7 Å². The van der Waals surface area contributed by atoms with E-state index in [1.165, 1.54) is 0 Å². The van der Waals surface area contributed by atoms with E-state index >= 15 is 0 Å². The second kappa shape index (κ2) is 7.65. The van der Waals surface area contributed by atoms with Crippen LogP contribution in [0.4, 0.5) is 4.79 Å². The molecule has 0 saturated carbocycles. The number of nitrogens with zero attached hydrogens (tertiary/aromatic N) is 1. The predicted octanol–water partition coefficient (Wildman–Crippen LogP) is 3.04. The van der Waals surface area contributed by atoms with Crippen molar-refractivity contribution in [2.24, 2.45) is 0 Å². The highest BCUT2D eigenvalue weighted by Gasteiger charge is 2.14. The first-order valence-electron chi connectivity index (χ1n) is 5.57. The van der Waals surface area contributed by atoms with Crippen molar-refractivity contribution in [3.63, 3.8) is 0 Å². The quantitative estimate of drug-likeness (QED) is 0.661. The lowest BCUT2D eigenvalue weighted by Gasteiger charge is -2.22. The average molecular weight is 201 g/mol. The molecule has 0 saturated heterocycles. The molecule has 84 valence electrons. The first-order valence-corrected chi connectivity index (χ1v) is 5.57. The van der Waals surface area contributed by atoms with Gasteiger partial charge in [0.1, 0.15) is 0 Å². The van der Waals surface area contributed by atoms with E-state index in [4.69, 9.17) is 4.74 Å². The molecular formula is C11H23NO2. The molecule has 0 aromatic heterocycles. The zero-order chi connectivity index (χ0) is 11.0. The van der Waals surface area contributed by atoms with E-state index in [-0.39, 0.29) is 12.2 Å². The summed E-state index contributed by atoms with van der Waals surface area (Å²) in [6, 6.07) is 0. The lowest BCUT2D eigenvalue weighted by molar-refractivity contribution is 0.0763. The van der Waals surface area contributed by atoms with Crippen molar-refractivity contribution in [2.75, 3.05) is 13.1 Å². The van der Waals surface area contributed by atoms with E-state index in [0.717, 1.165) is 32.4 Å². The first-order chi connectivity index (χ1) is 6.61. The Morgan fingerprint density at radius 3 is 2.29 bits per heavy atom. The number of carbonyl (C=O) groups is 1. The normalized spacial score (nSPS) is 10.4. The van der Waals surface area contributed by atoms with E-state index in [1.54, 1.807) is 4.90 Å². The summed E-state index contributed by atoms with van der Waals surface area (Å²) in [6.07, 6.45) is 2.94. The van der Waals surface area contributed by atoms with Crippen molar-refractivity contribution in [3.8, 4) is 0 Å². The highest BCUT2D eigenvalue weighted by Crippen LogP contribution is 2.02. The van der Waals surface area contributed by atoms with Gasteiger partial charge in [0.25, 0.3) is 0 Å². The van der Waals surface area contributed by atoms with Crippen LogP contribution < -0.4 is 0 Å². The largest absolute Gasteiger partial charge is 0.447 e. The lowest BCUT2D eigenvalue weighted by Crippen LogP contribution is -2.34. The van der Waals surface area contributed by atoms with Crippen molar-refractivity contribution in [1.29, 1.82) is 0 Å². The van der Waals surface area contributed by atoms with Crippen LogP contribution in [0, 0.1) is 0 Å². The van der Waals surface area contributed by atoms with Gasteiger partial charge in [-0.2, -0.15) is 0 Å². The van der Waals surface area contributed by atoms with E-state index in [1.807, 2.05) is 13.8 Å². The number of ether oxygens (including phenoxy) is 1. The van der Waals surface area contributed by atoms with Crippen LogP contribution in [0.15, 0.2) is 0 Å². The van der Waals surface area contributed by atoms with Crippen LogP contribution in [0.2, 0.25) is 0 Å². The van der Waals surface area contributed by atoms with Gasteiger partial charge in [0.15, 0.2) is 0 Å². The monoisotopic (exact) mass is 201 g/mol. The van der Waals surface area contributed by atoms with Gasteiger partial charge in [-0.3, -0.25) is 0 Å². The fraction of sp³-hybridized carbons (Fsp3) is 0.909. The maximum Gasteiger partial charge on any atom is 0.410 e. The number of hydrogen-bond acceptors (Lipinski definition) is 2. The SMILES string of the molecule is CCCCN(CCC)C(=O)OC(C)C. The topological polar surface area (TPSA) is 29.5 Å². The molecular weight excluding hydrogens is 178 g/mol. The Balaban J connectivity index is 3.97. The lowest BCUT2D eigenvalue weighted by atomic mass is 10.3. The second-order valence-corrected chi connectivity index (χ2v) is 3.77. The molecule has 0 bridgehead atoms. The number of hydrogen-bond donors (Lipinski definition) is 0. The number of rotatable bonds is 6. The first kappa shape index (κ1) is 13.3. The Kier molecular flexibility index (Phi) is 7.25. The van der Waals surface area contributed by atoms with Gasteiger partial charge in [0.2, 0.25) is 0 Å². The standard InChI is InChI=1S/C11H23NO2/c1-5-7-9-12(8-6-2)11(13)14-10(3)4/h10H,5-9H2,1-4H3. The van der Waals surface area contributed by atoms with Crippen LogP contribution in [0.25, 0.3) is 0 Å². The Morgan fingerprint density at radius 2 is 1.86 bits per heavy atom. The molecule has 0 aliphatic rings. The van der Waals surface area contributed by atoms with Gasteiger partial charge in [-0.1, -0.05) is 20.3 Å². The van der Waals surface area contributed by atoms with Gasteiger partial charge < -0.3 is 9.64 Å². The zero-order valence-electron chi connectivity index (χ0n) is 9.88. The third-order valence-corrected chi connectivity index (χ3v) is 1.87. The summed E-state index contributed by atoms with van der Waals surface area (Å²) in [6.45, 7) is 9.56. The van der Waals surface area contributed by atoms with E-state index in [9.17, 15) is 4.79 Å². The molecule has 0 aliphatic heterocycles. The molecule has 3 nitrogen and oxygen atoms in total. The Labute approximate surface area is 87.4 Å². The maximum absolute atomic E-state index is 11.6. The summed E-state index contributed by atoms with van der Waals surface area (Å²) >= 11 is 0. The third-order valence-electron chi connectivity index (χ3n) is 1.87. The van der Waals surface area contributed by atoms with Gasteiger partial charge in [0.05, 0.1) is 6.10 Å². The van der Waals surface area contributed by atoms with Gasteiger partial charge >= 0.3 is 6.09 Å². The van der Waals surface area contributed by atoms with E-state index in [2.05, 4.69) is 13.8 Å². The van der Waals surface area contributed by atoms with Crippen molar-refractivity contribution < 1.29 is 9.53 Å². The Bertz CT molecular complexity index is 157. The molecule has 0 spiro atoms. The second-order valence-electron chi connectivity index (χ2n) is 3.77. The molecule has 0 atom stereocenters. The van der Waals surface area contributed by atoms with Crippen molar-refractivity contribution in [3.05, 3.63) is 0 Å². The molecule has 0 radical (unpaired) electrons. The van der Waals surface area contributed by atoms with Crippen LogP contribution in [-0.4, -0.2) is 30.2 Å². The van der Waals surface area contributed by atoms with Crippen molar-refractivity contribution in [2.45, 2.75) is 53.1 Å². The van der Waals surface area contributed by atoms with Crippen LogP contribution in [0.3, 0.4) is 0 Å². The summed E-state index contributed by atoms with van der Waals surface area (Å²) in [7, 11) is 0. The number of carbonyl (C=O) groups excluding carboxylic acids is 1. The minimum Gasteiger partial charge on any atom is -0.447 e. The van der Waals surface area contributed by atoms with Crippen molar-refractivity contribution >= 4 is 6.09 Å². The van der Waals surface area contributed by atoms with Gasteiger partial charge in [0, 0.05) is 13.1 Å². The Morgan fingerprint density at radius 1 is 1.21 bits per heavy atom. The smallest absolute Gasteiger partial charge is 0.410 e. The summed E-state index contributed by atoms with van der Waals surface area (Å²) in [5.41, 5.74) is 0. The number of unbranched alkanes of at least 4 members (excludes halogenated alkanes) is 1. The molecule has 0 fully saturated rings. The molecule has 0 aliphatic carbocycles. The third kappa shape index (κ3) is 5.84. The fourth-order valence-electron chi connectivity index (χ4n) is 1.19. The van der Waals surface area contributed by atoms with Crippen molar-refractivity contribution in [1.82, 2.24) is 4.90 Å². The van der Waals surface area contributed by atoms with Gasteiger partial charge in [-0.15, -0.1) is 0 Å².